The zero-order valence-corrected chi connectivity index (χ0v) is 10.9. The van der Waals surface area contributed by atoms with Crippen LogP contribution in [-0.4, -0.2) is 12.5 Å². The number of hydrogen-bond acceptors (Lipinski definition) is 2. The molecule has 0 radical (unpaired) electrons. The molecule has 1 amide bonds. The molecule has 0 saturated heterocycles. The second-order valence-electron chi connectivity index (χ2n) is 5.93. The molecule has 96 valence electrons. The maximum absolute atomic E-state index is 12.1. The van der Waals surface area contributed by atoms with Gasteiger partial charge in [-0.3, -0.25) is 4.79 Å². The molecule has 1 heterocycles. The summed E-state index contributed by atoms with van der Waals surface area (Å²) in [4.78, 5) is 12.1. The van der Waals surface area contributed by atoms with Crippen molar-refractivity contribution in [2.45, 2.75) is 39.3 Å². The monoisotopic (exact) mass is 244 g/mol. The van der Waals surface area contributed by atoms with Crippen molar-refractivity contribution in [2.75, 3.05) is 6.54 Å². The molecule has 3 nitrogen and oxygen atoms in total. The quantitative estimate of drug-likeness (QED) is 0.856. The van der Waals surface area contributed by atoms with Crippen molar-refractivity contribution >= 4 is 5.91 Å². The van der Waals surface area contributed by atoms with E-state index < -0.39 is 0 Å². The fraction of sp³-hybridized carbons (Fsp3) is 0.533. The predicted molar refractivity (Wildman–Crippen MR) is 71.3 cm³/mol. The average Bonchev–Trinajstić information content (AvgIpc) is 2.80. The standard InChI is InChI=1S/C15H20N2O/c1-15(5-2-6-15)10-17-14(18)11-3-4-12-8-16-9-13(12)7-11/h3-4,7,16H,2,5-6,8-10H2,1H3,(H,17,18). The molecule has 1 aliphatic carbocycles. The lowest BCUT2D eigenvalue weighted by Crippen LogP contribution is -2.39. The highest BCUT2D eigenvalue weighted by molar-refractivity contribution is 5.94. The molecule has 1 aromatic rings. The Morgan fingerprint density at radius 3 is 2.83 bits per heavy atom. The maximum atomic E-state index is 12.1. The largest absolute Gasteiger partial charge is 0.351 e. The molecule has 3 rings (SSSR count). The number of carbonyl (C=O) groups is 1. The Hall–Kier alpha value is -1.35. The van der Waals surface area contributed by atoms with Gasteiger partial charge in [0.1, 0.15) is 0 Å². The van der Waals surface area contributed by atoms with Gasteiger partial charge in [-0.2, -0.15) is 0 Å². The van der Waals surface area contributed by atoms with Gasteiger partial charge < -0.3 is 10.6 Å². The molecule has 3 heteroatoms. The van der Waals surface area contributed by atoms with E-state index in [2.05, 4.69) is 23.6 Å². The van der Waals surface area contributed by atoms with Gasteiger partial charge in [0.25, 0.3) is 5.91 Å². The normalized spacial score (nSPS) is 20.1. The van der Waals surface area contributed by atoms with Crippen LogP contribution >= 0.6 is 0 Å². The molecule has 0 spiro atoms. The average molecular weight is 244 g/mol. The van der Waals surface area contributed by atoms with Crippen LogP contribution in [-0.2, 0) is 13.1 Å². The van der Waals surface area contributed by atoms with Gasteiger partial charge in [0.15, 0.2) is 0 Å². The van der Waals surface area contributed by atoms with Crippen LogP contribution in [0.25, 0.3) is 0 Å². The van der Waals surface area contributed by atoms with E-state index in [0.717, 1.165) is 25.2 Å². The van der Waals surface area contributed by atoms with Crippen molar-refractivity contribution in [2.24, 2.45) is 5.41 Å². The van der Waals surface area contributed by atoms with Gasteiger partial charge in [-0.05, 0) is 41.5 Å². The molecule has 0 aromatic heterocycles. The number of benzene rings is 1. The Labute approximate surface area is 108 Å². The van der Waals surface area contributed by atoms with Gasteiger partial charge in [-0.1, -0.05) is 19.4 Å². The molecule has 2 aliphatic rings. The van der Waals surface area contributed by atoms with E-state index >= 15 is 0 Å². The van der Waals surface area contributed by atoms with Gasteiger partial charge >= 0.3 is 0 Å². The first-order chi connectivity index (χ1) is 8.66. The first kappa shape index (κ1) is 11.7. The van der Waals surface area contributed by atoms with Crippen LogP contribution in [0.15, 0.2) is 18.2 Å². The first-order valence-electron chi connectivity index (χ1n) is 6.77. The van der Waals surface area contributed by atoms with E-state index in [1.165, 1.54) is 30.4 Å². The molecule has 2 N–H and O–H groups in total. The summed E-state index contributed by atoms with van der Waals surface area (Å²) in [6.45, 7) is 4.87. The second-order valence-corrected chi connectivity index (χ2v) is 5.93. The van der Waals surface area contributed by atoms with Crippen LogP contribution in [0.2, 0.25) is 0 Å². The molecule has 1 aliphatic heterocycles. The van der Waals surface area contributed by atoms with Crippen molar-refractivity contribution in [3.05, 3.63) is 34.9 Å². The van der Waals surface area contributed by atoms with Crippen LogP contribution in [0.3, 0.4) is 0 Å². The van der Waals surface area contributed by atoms with Gasteiger partial charge in [-0.15, -0.1) is 0 Å². The summed E-state index contributed by atoms with van der Waals surface area (Å²) in [5.74, 6) is 0.0674. The minimum atomic E-state index is 0.0674. The molecule has 0 unspecified atom stereocenters. The Morgan fingerprint density at radius 1 is 1.33 bits per heavy atom. The lowest BCUT2D eigenvalue weighted by atomic mass is 9.70. The lowest BCUT2D eigenvalue weighted by Gasteiger charge is -2.38. The third-order valence-electron chi connectivity index (χ3n) is 4.34. The van der Waals surface area contributed by atoms with Gasteiger partial charge in [0, 0.05) is 25.2 Å². The van der Waals surface area contributed by atoms with Crippen molar-refractivity contribution in [3.8, 4) is 0 Å². The Bertz CT molecular complexity index is 477. The second kappa shape index (κ2) is 4.39. The van der Waals surface area contributed by atoms with E-state index in [1.807, 2.05) is 12.1 Å². The fourth-order valence-corrected chi connectivity index (χ4v) is 2.79. The van der Waals surface area contributed by atoms with Crippen LogP contribution in [0.5, 0.6) is 0 Å². The van der Waals surface area contributed by atoms with Crippen LogP contribution in [0, 0.1) is 5.41 Å². The minimum absolute atomic E-state index is 0.0674. The molecule has 1 fully saturated rings. The summed E-state index contributed by atoms with van der Waals surface area (Å²) in [7, 11) is 0. The molecular formula is C15H20N2O. The van der Waals surface area contributed by atoms with Crippen LogP contribution < -0.4 is 10.6 Å². The third kappa shape index (κ3) is 2.15. The molecule has 1 aromatic carbocycles. The van der Waals surface area contributed by atoms with Crippen molar-refractivity contribution in [1.29, 1.82) is 0 Å². The molecule has 18 heavy (non-hydrogen) atoms. The number of nitrogens with one attached hydrogen (secondary N) is 2. The van der Waals surface area contributed by atoms with Crippen LogP contribution in [0.1, 0.15) is 47.7 Å². The highest BCUT2D eigenvalue weighted by atomic mass is 16.1. The summed E-state index contributed by atoms with van der Waals surface area (Å²) in [6.07, 6.45) is 3.78. The first-order valence-corrected chi connectivity index (χ1v) is 6.77. The van der Waals surface area contributed by atoms with E-state index in [1.54, 1.807) is 0 Å². The van der Waals surface area contributed by atoms with E-state index in [0.29, 0.717) is 5.41 Å². The lowest BCUT2D eigenvalue weighted by molar-refractivity contribution is 0.0890. The minimum Gasteiger partial charge on any atom is -0.351 e. The van der Waals surface area contributed by atoms with Crippen molar-refractivity contribution in [1.82, 2.24) is 10.6 Å². The van der Waals surface area contributed by atoms with Crippen LogP contribution in [0.4, 0.5) is 0 Å². The van der Waals surface area contributed by atoms with Crippen molar-refractivity contribution < 1.29 is 4.79 Å². The topological polar surface area (TPSA) is 41.1 Å². The van der Waals surface area contributed by atoms with Gasteiger partial charge in [-0.25, -0.2) is 0 Å². The number of carbonyl (C=O) groups excluding carboxylic acids is 1. The number of amides is 1. The maximum Gasteiger partial charge on any atom is 0.251 e. The summed E-state index contributed by atoms with van der Waals surface area (Å²) < 4.78 is 0. The number of hydrogen-bond donors (Lipinski definition) is 2. The summed E-state index contributed by atoms with van der Waals surface area (Å²) in [5.41, 5.74) is 3.71. The number of rotatable bonds is 3. The number of fused-ring (bicyclic) bond motifs is 1. The third-order valence-corrected chi connectivity index (χ3v) is 4.34. The summed E-state index contributed by atoms with van der Waals surface area (Å²) >= 11 is 0. The predicted octanol–water partition coefficient (Wildman–Crippen LogP) is 2.21. The molecule has 1 saturated carbocycles. The van der Waals surface area contributed by atoms with Gasteiger partial charge in [0.05, 0.1) is 0 Å². The van der Waals surface area contributed by atoms with E-state index in [4.69, 9.17) is 0 Å². The highest BCUT2D eigenvalue weighted by Gasteiger charge is 2.31. The van der Waals surface area contributed by atoms with E-state index in [9.17, 15) is 4.79 Å². The Morgan fingerprint density at radius 2 is 2.11 bits per heavy atom. The smallest absolute Gasteiger partial charge is 0.251 e. The Balaban J connectivity index is 1.65. The molecule has 0 bridgehead atoms. The van der Waals surface area contributed by atoms with Crippen molar-refractivity contribution in [3.63, 3.8) is 0 Å². The molecular weight excluding hydrogens is 224 g/mol. The molecule has 0 atom stereocenters. The summed E-state index contributed by atoms with van der Waals surface area (Å²) in [6, 6.07) is 6.02. The van der Waals surface area contributed by atoms with E-state index in [-0.39, 0.29) is 5.91 Å². The van der Waals surface area contributed by atoms with Gasteiger partial charge in [0.2, 0.25) is 0 Å². The summed E-state index contributed by atoms with van der Waals surface area (Å²) in [5, 5.41) is 6.37. The Kier molecular flexibility index (Phi) is 2.86. The zero-order chi connectivity index (χ0) is 12.6. The zero-order valence-electron chi connectivity index (χ0n) is 10.9. The SMILES string of the molecule is CC1(CNC(=O)c2ccc3c(c2)CNC3)CCC1. The fourth-order valence-electron chi connectivity index (χ4n) is 2.79. The highest BCUT2D eigenvalue weighted by Crippen LogP contribution is 2.39.